The maximum absolute atomic E-state index is 12.9. The highest BCUT2D eigenvalue weighted by atomic mass is 16.2. The van der Waals surface area contributed by atoms with E-state index < -0.39 is 0 Å². The van der Waals surface area contributed by atoms with Crippen LogP contribution in [-0.4, -0.2) is 37.8 Å². The second-order valence-corrected chi connectivity index (χ2v) is 6.69. The molecule has 3 aromatic rings. The number of rotatable bonds is 3. The van der Waals surface area contributed by atoms with E-state index in [0.717, 1.165) is 42.2 Å². The minimum Gasteiger partial charge on any atom is -0.305 e. The molecule has 126 valence electrons. The summed E-state index contributed by atoms with van der Waals surface area (Å²) in [5.74, 6) is 2.21. The summed E-state index contributed by atoms with van der Waals surface area (Å²) in [7, 11) is 0. The van der Waals surface area contributed by atoms with Gasteiger partial charge in [-0.15, -0.1) is 0 Å². The van der Waals surface area contributed by atoms with E-state index in [0.29, 0.717) is 17.3 Å². The fourth-order valence-corrected chi connectivity index (χ4v) is 3.33. The lowest BCUT2D eigenvalue weighted by atomic mass is 10.1. The zero-order chi connectivity index (χ0) is 16.8. The first-order valence-electron chi connectivity index (χ1n) is 8.66. The van der Waals surface area contributed by atoms with Crippen molar-refractivity contribution in [1.82, 2.24) is 25.4 Å². The van der Waals surface area contributed by atoms with Crippen LogP contribution in [0.15, 0.2) is 30.5 Å². The first-order valence-corrected chi connectivity index (χ1v) is 8.66. The molecule has 1 saturated carbocycles. The monoisotopic (exact) mass is 334 g/mol. The number of benzene rings is 1. The average molecular weight is 334 g/mol. The predicted octanol–water partition coefficient (Wildman–Crippen LogP) is 2.67. The van der Waals surface area contributed by atoms with Crippen molar-refractivity contribution in [3.8, 4) is 11.4 Å². The average Bonchev–Trinajstić information content (AvgIpc) is 3.19. The number of hydrogen-bond acceptors (Lipinski definition) is 4. The zero-order valence-electron chi connectivity index (χ0n) is 13.7. The molecule has 0 radical (unpaired) electrons. The normalized spacial score (nSPS) is 16.7. The molecular formula is C18H18N6O. The molecule has 1 aliphatic carbocycles. The lowest BCUT2D eigenvalue weighted by Gasteiger charge is -2.26. The number of amides is 1. The van der Waals surface area contributed by atoms with Gasteiger partial charge in [0.1, 0.15) is 5.82 Å². The van der Waals surface area contributed by atoms with Gasteiger partial charge in [0.05, 0.1) is 17.6 Å². The van der Waals surface area contributed by atoms with E-state index in [1.807, 2.05) is 24.3 Å². The van der Waals surface area contributed by atoms with Gasteiger partial charge in [0.2, 0.25) is 0 Å². The van der Waals surface area contributed by atoms with Crippen molar-refractivity contribution in [1.29, 1.82) is 0 Å². The van der Waals surface area contributed by atoms with Gasteiger partial charge in [0.15, 0.2) is 5.82 Å². The number of nitrogens with zero attached hydrogens (tertiary/aromatic N) is 4. The minimum absolute atomic E-state index is 0.00237. The number of anilines is 1. The highest BCUT2D eigenvalue weighted by molar-refractivity contribution is 6.06. The van der Waals surface area contributed by atoms with Crippen LogP contribution in [0.4, 0.5) is 5.69 Å². The Bertz CT molecular complexity index is 921. The second-order valence-electron chi connectivity index (χ2n) is 6.69. The van der Waals surface area contributed by atoms with Crippen molar-refractivity contribution < 1.29 is 4.79 Å². The Morgan fingerprint density at radius 3 is 2.80 bits per heavy atom. The van der Waals surface area contributed by atoms with Crippen molar-refractivity contribution in [2.24, 2.45) is 0 Å². The van der Waals surface area contributed by atoms with Gasteiger partial charge in [-0.3, -0.25) is 15.0 Å². The first kappa shape index (κ1) is 14.4. The van der Waals surface area contributed by atoms with E-state index in [1.54, 1.807) is 11.1 Å². The number of H-pyrrole nitrogens is 2. The maximum Gasteiger partial charge on any atom is 0.258 e. The molecule has 2 N–H and O–H groups in total. The zero-order valence-corrected chi connectivity index (χ0v) is 13.7. The third-order valence-electron chi connectivity index (χ3n) is 4.90. The fraction of sp³-hybridized carbons (Fsp3) is 0.333. The SMILES string of the molecule is O=C(c1ccc(-c2n[nH]c(C3CC3)n2)cc1)N1CCCc2[nH]ncc21. The molecule has 0 spiro atoms. The van der Waals surface area contributed by atoms with E-state index in [9.17, 15) is 4.79 Å². The number of nitrogens with one attached hydrogen (secondary N) is 2. The highest BCUT2D eigenvalue weighted by Gasteiger charge is 2.27. The molecule has 25 heavy (non-hydrogen) atoms. The molecule has 0 unspecified atom stereocenters. The summed E-state index contributed by atoms with van der Waals surface area (Å²) in [6.45, 7) is 0.721. The lowest BCUT2D eigenvalue weighted by Crippen LogP contribution is -2.35. The Balaban J connectivity index is 1.39. The highest BCUT2D eigenvalue weighted by Crippen LogP contribution is 2.38. The van der Waals surface area contributed by atoms with Gasteiger partial charge >= 0.3 is 0 Å². The summed E-state index contributed by atoms with van der Waals surface area (Å²) in [5, 5.41) is 14.4. The van der Waals surface area contributed by atoms with Gasteiger partial charge in [-0.2, -0.15) is 10.2 Å². The number of hydrogen-bond donors (Lipinski definition) is 2. The van der Waals surface area contributed by atoms with Crippen LogP contribution >= 0.6 is 0 Å². The quantitative estimate of drug-likeness (QED) is 0.770. The molecule has 1 aromatic carbocycles. The second kappa shape index (κ2) is 5.54. The van der Waals surface area contributed by atoms with Crippen molar-refractivity contribution in [3.63, 3.8) is 0 Å². The van der Waals surface area contributed by atoms with E-state index >= 15 is 0 Å². The van der Waals surface area contributed by atoms with Crippen molar-refractivity contribution in [2.75, 3.05) is 11.4 Å². The van der Waals surface area contributed by atoms with Crippen LogP contribution in [0.1, 0.15) is 47.1 Å². The molecule has 0 atom stereocenters. The summed E-state index contributed by atoms with van der Waals surface area (Å²) in [5.41, 5.74) is 3.51. The molecule has 1 amide bonds. The fourth-order valence-electron chi connectivity index (χ4n) is 3.33. The van der Waals surface area contributed by atoms with Crippen LogP contribution in [0.25, 0.3) is 11.4 Å². The third kappa shape index (κ3) is 2.52. The van der Waals surface area contributed by atoms with E-state index in [-0.39, 0.29) is 5.91 Å². The van der Waals surface area contributed by atoms with Crippen LogP contribution in [-0.2, 0) is 6.42 Å². The Morgan fingerprint density at radius 2 is 2.00 bits per heavy atom. The molecule has 7 nitrogen and oxygen atoms in total. The van der Waals surface area contributed by atoms with Crippen molar-refractivity contribution in [3.05, 3.63) is 47.5 Å². The number of carbonyl (C=O) groups excluding carboxylic acids is 1. The Hall–Kier alpha value is -2.96. The number of aromatic amines is 2. The van der Waals surface area contributed by atoms with Gasteiger partial charge in [-0.05, 0) is 37.8 Å². The summed E-state index contributed by atoms with van der Waals surface area (Å²) < 4.78 is 0. The Morgan fingerprint density at radius 1 is 1.16 bits per heavy atom. The van der Waals surface area contributed by atoms with Crippen molar-refractivity contribution in [2.45, 2.75) is 31.6 Å². The van der Waals surface area contributed by atoms with Gasteiger partial charge in [-0.1, -0.05) is 12.1 Å². The molecule has 1 fully saturated rings. The molecule has 0 saturated heterocycles. The largest absolute Gasteiger partial charge is 0.305 e. The first-order chi connectivity index (χ1) is 12.3. The topological polar surface area (TPSA) is 90.6 Å². The van der Waals surface area contributed by atoms with E-state index in [4.69, 9.17) is 0 Å². The Labute approximate surface area is 144 Å². The summed E-state index contributed by atoms with van der Waals surface area (Å²) in [6.07, 6.45) is 5.99. The van der Waals surface area contributed by atoms with E-state index in [1.165, 1.54) is 12.8 Å². The summed E-state index contributed by atoms with van der Waals surface area (Å²) in [6, 6.07) is 7.51. The number of fused-ring (bicyclic) bond motifs is 1. The van der Waals surface area contributed by atoms with Crippen LogP contribution in [0.2, 0.25) is 0 Å². The summed E-state index contributed by atoms with van der Waals surface area (Å²) >= 11 is 0. The van der Waals surface area contributed by atoms with Crippen LogP contribution in [0, 0.1) is 0 Å². The van der Waals surface area contributed by atoms with Crippen molar-refractivity contribution >= 4 is 11.6 Å². The number of aromatic nitrogens is 5. The molecular weight excluding hydrogens is 316 g/mol. The molecule has 2 aliphatic rings. The van der Waals surface area contributed by atoms with Crippen LogP contribution in [0.5, 0.6) is 0 Å². The van der Waals surface area contributed by atoms with Crippen LogP contribution in [0.3, 0.4) is 0 Å². The Kier molecular flexibility index (Phi) is 3.19. The summed E-state index contributed by atoms with van der Waals surface area (Å²) in [4.78, 5) is 19.2. The molecule has 5 rings (SSSR count). The molecule has 7 heteroatoms. The van der Waals surface area contributed by atoms with Gasteiger partial charge in [0, 0.05) is 23.6 Å². The molecule has 1 aliphatic heterocycles. The molecule has 2 aromatic heterocycles. The van der Waals surface area contributed by atoms with Crippen LogP contribution < -0.4 is 4.90 Å². The standard InChI is InChI=1S/C18H18N6O/c25-18(24-9-1-2-14-15(24)10-19-21-14)13-7-5-12(6-8-13)17-20-16(22-23-17)11-3-4-11/h5-8,10-11H,1-4,9H2,(H,19,21)(H,20,22,23). The smallest absolute Gasteiger partial charge is 0.258 e. The number of carbonyl (C=O) groups is 1. The van der Waals surface area contributed by atoms with Gasteiger partial charge in [-0.25, -0.2) is 4.98 Å². The minimum atomic E-state index is 0.00237. The lowest BCUT2D eigenvalue weighted by molar-refractivity contribution is 0.0985. The maximum atomic E-state index is 12.9. The van der Waals surface area contributed by atoms with Gasteiger partial charge < -0.3 is 4.90 Å². The number of aryl methyl sites for hydroxylation is 1. The third-order valence-corrected chi connectivity index (χ3v) is 4.90. The van der Waals surface area contributed by atoms with E-state index in [2.05, 4.69) is 25.4 Å². The van der Waals surface area contributed by atoms with Gasteiger partial charge in [0.25, 0.3) is 5.91 Å². The molecule has 0 bridgehead atoms. The predicted molar refractivity (Wildman–Crippen MR) is 92.4 cm³/mol. The molecule has 3 heterocycles.